The van der Waals surface area contributed by atoms with E-state index in [9.17, 15) is 0 Å². The monoisotopic (exact) mass is 284 g/mol. The van der Waals surface area contributed by atoms with Gasteiger partial charge in [-0.1, -0.05) is 41.7 Å². The summed E-state index contributed by atoms with van der Waals surface area (Å²) in [5, 5.41) is 0. The SMILES string of the molecule is Cc1cccc(CN(C)Cc2ccc(C#CCN)s2)c1. The summed E-state index contributed by atoms with van der Waals surface area (Å²) in [7, 11) is 2.15. The molecule has 0 atom stereocenters. The van der Waals surface area contributed by atoms with Gasteiger partial charge < -0.3 is 5.73 Å². The molecule has 0 saturated carbocycles. The highest BCUT2D eigenvalue weighted by atomic mass is 32.1. The average molecular weight is 284 g/mol. The van der Waals surface area contributed by atoms with Crippen molar-refractivity contribution in [1.29, 1.82) is 0 Å². The van der Waals surface area contributed by atoms with Gasteiger partial charge in [-0.05, 0) is 31.7 Å². The Bertz CT molecular complexity index is 619. The van der Waals surface area contributed by atoms with Gasteiger partial charge in [0.15, 0.2) is 0 Å². The molecule has 1 aromatic carbocycles. The lowest BCUT2D eigenvalue weighted by Gasteiger charge is -2.15. The molecule has 0 aliphatic carbocycles. The van der Waals surface area contributed by atoms with E-state index in [2.05, 4.69) is 67.1 Å². The smallest absolute Gasteiger partial charge is 0.0772 e. The first-order valence-electron chi connectivity index (χ1n) is 6.69. The Hall–Kier alpha value is -1.60. The summed E-state index contributed by atoms with van der Waals surface area (Å²) in [4.78, 5) is 4.75. The van der Waals surface area contributed by atoms with Crippen LogP contribution in [0.15, 0.2) is 36.4 Å². The van der Waals surface area contributed by atoms with Crippen LogP contribution in [0.1, 0.15) is 20.9 Å². The molecule has 0 fully saturated rings. The van der Waals surface area contributed by atoms with Crippen LogP contribution in [0.2, 0.25) is 0 Å². The summed E-state index contributed by atoms with van der Waals surface area (Å²) >= 11 is 1.74. The molecule has 2 rings (SSSR count). The van der Waals surface area contributed by atoms with Crippen LogP contribution in [0.3, 0.4) is 0 Å². The van der Waals surface area contributed by atoms with Crippen molar-refractivity contribution in [3.63, 3.8) is 0 Å². The van der Waals surface area contributed by atoms with Crippen LogP contribution in [0.25, 0.3) is 0 Å². The maximum atomic E-state index is 5.38. The second kappa shape index (κ2) is 7.25. The van der Waals surface area contributed by atoms with Gasteiger partial charge in [-0.2, -0.15) is 0 Å². The number of aryl methyl sites for hydroxylation is 1. The van der Waals surface area contributed by atoms with E-state index in [4.69, 9.17) is 5.73 Å². The Labute approximate surface area is 125 Å². The van der Waals surface area contributed by atoms with Gasteiger partial charge in [0.1, 0.15) is 0 Å². The van der Waals surface area contributed by atoms with Crippen LogP contribution in [-0.4, -0.2) is 18.5 Å². The largest absolute Gasteiger partial charge is 0.320 e. The van der Waals surface area contributed by atoms with Crippen molar-refractivity contribution in [3.05, 3.63) is 57.3 Å². The van der Waals surface area contributed by atoms with Gasteiger partial charge in [0.25, 0.3) is 0 Å². The predicted molar refractivity (Wildman–Crippen MR) is 86.6 cm³/mol. The van der Waals surface area contributed by atoms with Crippen molar-refractivity contribution < 1.29 is 0 Å². The van der Waals surface area contributed by atoms with Gasteiger partial charge >= 0.3 is 0 Å². The van der Waals surface area contributed by atoms with Gasteiger partial charge in [0.2, 0.25) is 0 Å². The molecule has 104 valence electrons. The zero-order chi connectivity index (χ0) is 14.4. The lowest BCUT2D eigenvalue weighted by Crippen LogP contribution is -2.16. The highest BCUT2D eigenvalue weighted by Gasteiger charge is 2.04. The minimum atomic E-state index is 0.417. The molecular formula is C17H20N2S. The first-order chi connectivity index (χ1) is 9.67. The summed E-state index contributed by atoms with van der Waals surface area (Å²) in [6, 6.07) is 12.9. The molecule has 2 aromatic rings. The van der Waals surface area contributed by atoms with E-state index in [1.807, 2.05) is 0 Å². The Kier molecular flexibility index (Phi) is 5.37. The third kappa shape index (κ3) is 4.50. The Balaban J connectivity index is 1.94. The number of thiophene rings is 1. The van der Waals surface area contributed by atoms with Crippen LogP contribution < -0.4 is 5.73 Å². The van der Waals surface area contributed by atoms with E-state index >= 15 is 0 Å². The lowest BCUT2D eigenvalue weighted by molar-refractivity contribution is 0.322. The van der Waals surface area contributed by atoms with Gasteiger partial charge in [-0.15, -0.1) is 11.3 Å². The Morgan fingerprint density at radius 3 is 2.80 bits per heavy atom. The van der Waals surface area contributed by atoms with E-state index in [-0.39, 0.29) is 0 Å². The van der Waals surface area contributed by atoms with Crippen molar-refractivity contribution in [1.82, 2.24) is 4.90 Å². The molecule has 1 heterocycles. The molecule has 2 N–H and O–H groups in total. The molecule has 0 amide bonds. The number of benzene rings is 1. The van der Waals surface area contributed by atoms with E-state index in [0.29, 0.717) is 6.54 Å². The molecular weight excluding hydrogens is 264 g/mol. The second-order valence-corrected chi connectivity index (χ2v) is 6.10. The summed E-state index contributed by atoms with van der Waals surface area (Å²) in [6.45, 7) is 4.46. The van der Waals surface area contributed by atoms with E-state index in [1.54, 1.807) is 11.3 Å². The molecule has 0 aliphatic heterocycles. The zero-order valence-electron chi connectivity index (χ0n) is 12.0. The molecule has 0 aliphatic rings. The van der Waals surface area contributed by atoms with Gasteiger partial charge in [0.05, 0.1) is 11.4 Å². The Morgan fingerprint density at radius 1 is 1.20 bits per heavy atom. The van der Waals surface area contributed by atoms with Crippen molar-refractivity contribution in [2.75, 3.05) is 13.6 Å². The van der Waals surface area contributed by atoms with Gasteiger partial charge in [0, 0.05) is 18.0 Å². The van der Waals surface area contributed by atoms with Gasteiger partial charge in [-0.25, -0.2) is 0 Å². The molecule has 2 nitrogen and oxygen atoms in total. The van der Waals surface area contributed by atoms with Crippen molar-refractivity contribution >= 4 is 11.3 Å². The summed E-state index contributed by atoms with van der Waals surface area (Å²) in [6.07, 6.45) is 0. The normalized spacial score (nSPS) is 10.4. The van der Waals surface area contributed by atoms with Crippen molar-refractivity contribution in [2.24, 2.45) is 5.73 Å². The summed E-state index contributed by atoms with van der Waals surface area (Å²) in [5.41, 5.74) is 8.05. The van der Waals surface area contributed by atoms with Crippen LogP contribution >= 0.6 is 11.3 Å². The fraction of sp³-hybridized carbons (Fsp3) is 0.294. The van der Waals surface area contributed by atoms with E-state index in [0.717, 1.165) is 18.0 Å². The second-order valence-electron chi connectivity index (χ2n) is 4.93. The highest BCUT2D eigenvalue weighted by Crippen LogP contribution is 2.18. The van der Waals surface area contributed by atoms with Gasteiger partial charge in [-0.3, -0.25) is 4.90 Å². The minimum Gasteiger partial charge on any atom is -0.320 e. The quantitative estimate of drug-likeness (QED) is 0.875. The highest BCUT2D eigenvalue weighted by molar-refractivity contribution is 7.12. The van der Waals surface area contributed by atoms with E-state index in [1.165, 1.54) is 16.0 Å². The molecule has 20 heavy (non-hydrogen) atoms. The molecule has 0 unspecified atom stereocenters. The maximum Gasteiger partial charge on any atom is 0.0772 e. The standard InChI is InChI=1S/C17H20N2S/c1-14-5-3-6-15(11-14)12-19(2)13-17-9-8-16(20-17)7-4-10-18/h3,5-6,8-9,11H,10,12-13,18H2,1-2H3. The molecule has 0 spiro atoms. The number of nitrogens with zero attached hydrogens (tertiary/aromatic N) is 1. The predicted octanol–water partition coefficient (Wildman–Crippen LogP) is 3.00. The van der Waals surface area contributed by atoms with Crippen LogP contribution in [0, 0.1) is 18.8 Å². The number of hydrogen-bond acceptors (Lipinski definition) is 3. The average Bonchev–Trinajstić information content (AvgIpc) is 2.83. The number of rotatable bonds is 4. The summed E-state index contributed by atoms with van der Waals surface area (Å²) < 4.78 is 0. The van der Waals surface area contributed by atoms with Crippen molar-refractivity contribution in [2.45, 2.75) is 20.0 Å². The summed E-state index contributed by atoms with van der Waals surface area (Å²) in [5.74, 6) is 5.97. The zero-order valence-corrected chi connectivity index (χ0v) is 12.8. The lowest BCUT2D eigenvalue weighted by atomic mass is 10.1. The van der Waals surface area contributed by atoms with E-state index < -0.39 is 0 Å². The fourth-order valence-electron chi connectivity index (χ4n) is 2.11. The molecule has 3 heteroatoms. The maximum absolute atomic E-state index is 5.38. The topological polar surface area (TPSA) is 29.3 Å². The molecule has 1 aromatic heterocycles. The Morgan fingerprint density at radius 2 is 2.05 bits per heavy atom. The third-order valence-corrected chi connectivity index (χ3v) is 3.92. The number of nitrogens with two attached hydrogens (primary N) is 1. The third-order valence-electron chi connectivity index (χ3n) is 2.94. The van der Waals surface area contributed by atoms with Crippen LogP contribution in [0.5, 0.6) is 0 Å². The fourth-order valence-corrected chi connectivity index (χ4v) is 3.08. The first kappa shape index (κ1) is 14.8. The molecule has 0 bridgehead atoms. The van der Waals surface area contributed by atoms with Crippen LogP contribution in [-0.2, 0) is 13.1 Å². The molecule has 0 saturated heterocycles. The van der Waals surface area contributed by atoms with Crippen LogP contribution in [0.4, 0.5) is 0 Å². The van der Waals surface area contributed by atoms with Crippen molar-refractivity contribution in [3.8, 4) is 11.8 Å². The molecule has 0 radical (unpaired) electrons. The minimum absolute atomic E-state index is 0.417. The first-order valence-corrected chi connectivity index (χ1v) is 7.51. The number of hydrogen-bond donors (Lipinski definition) is 1.